The summed E-state index contributed by atoms with van der Waals surface area (Å²) in [5.74, 6) is 0.189. The standard InChI is InChI=1S/C19H25NO4/c1-6-14(11-18(22)24-13(2)3)19(16(12-21)20-4)15-9-7-8-10-17(15)23-5/h7-13,20H,6H2,1-5H3/b14-11+,19-16+. The molecule has 0 aliphatic heterocycles. The molecule has 1 aromatic carbocycles. The van der Waals surface area contributed by atoms with E-state index in [4.69, 9.17) is 9.47 Å². The number of nitrogens with one attached hydrogen (secondary N) is 1. The zero-order valence-corrected chi connectivity index (χ0v) is 14.9. The fraction of sp³-hybridized carbons (Fsp3) is 0.368. The molecule has 0 aliphatic carbocycles. The fourth-order valence-electron chi connectivity index (χ4n) is 2.34. The number of rotatable bonds is 8. The lowest BCUT2D eigenvalue weighted by Crippen LogP contribution is -2.14. The van der Waals surface area contributed by atoms with Gasteiger partial charge in [0.1, 0.15) is 5.75 Å². The maximum absolute atomic E-state index is 12.1. The molecule has 0 saturated heterocycles. The Morgan fingerprint density at radius 1 is 1.29 bits per heavy atom. The van der Waals surface area contributed by atoms with Crippen molar-refractivity contribution in [2.24, 2.45) is 0 Å². The molecule has 5 heteroatoms. The van der Waals surface area contributed by atoms with Crippen LogP contribution in [0.5, 0.6) is 5.75 Å². The van der Waals surface area contributed by atoms with E-state index in [0.29, 0.717) is 29.0 Å². The third-order valence-electron chi connectivity index (χ3n) is 3.38. The van der Waals surface area contributed by atoms with Gasteiger partial charge in [0.15, 0.2) is 6.29 Å². The topological polar surface area (TPSA) is 64.6 Å². The van der Waals surface area contributed by atoms with Crippen LogP contribution in [0.2, 0.25) is 0 Å². The molecule has 0 bridgehead atoms. The van der Waals surface area contributed by atoms with Crippen molar-refractivity contribution in [3.05, 3.63) is 47.2 Å². The molecule has 1 rings (SSSR count). The number of esters is 1. The first kappa shape index (κ1) is 19.5. The summed E-state index contributed by atoms with van der Waals surface area (Å²) in [4.78, 5) is 23.6. The van der Waals surface area contributed by atoms with Crippen molar-refractivity contribution in [1.29, 1.82) is 0 Å². The molecule has 0 aliphatic rings. The van der Waals surface area contributed by atoms with Gasteiger partial charge in [-0.25, -0.2) is 4.79 Å². The maximum Gasteiger partial charge on any atom is 0.331 e. The Morgan fingerprint density at radius 3 is 2.46 bits per heavy atom. The van der Waals surface area contributed by atoms with Crippen LogP contribution in [0.3, 0.4) is 0 Å². The number of para-hydroxylation sites is 1. The lowest BCUT2D eigenvalue weighted by molar-refractivity contribution is -0.141. The van der Waals surface area contributed by atoms with Crippen LogP contribution in [0.4, 0.5) is 0 Å². The van der Waals surface area contributed by atoms with Gasteiger partial charge in [-0.05, 0) is 31.9 Å². The van der Waals surface area contributed by atoms with E-state index < -0.39 is 5.97 Å². The van der Waals surface area contributed by atoms with E-state index in [1.165, 1.54) is 6.08 Å². The summed E-state index contributed by atoms with van der Waals surface area (Å²) < 4.78 is 10.6. The highest BCUT2D eigenvalue weighted by molar-refractivity contribution is 5.98. The van der Waals surface area contributed by atoms with Crippen molar-refractivity contribution in [3.8, 4) is 5.75 Å². The number of hydrogen-bond donors (Lipinski definition) is 1. The van der Waals surface area contributed by atoms with Crippen molar-refractivity contribution in [1.82, 2.24) is 5.32 Å². The summed E-state index contributed by atoms with van der Waals surface area (Å²) in [6, 6.07) is 7.37. The van der Waals surface area contributed by atoms with Crippen LogP contribution in [0, 0.1) is 0 Å². The first-order valence-corrected chi connectivity index (χ1v) is 7.90. The minimum atomic E-state index is -0.435. The van der Waals surface area contributed by atoms with Gasteiger partial charge in [-0.15, -0.1) is 0 Å². The molecule has 0 saturated carbocycles. The molecule has 1 N–H and O–H groups in total. The van der Waals surface area contributed by atoms with Gasteiger partial charge in [0.25, 0.3) is 0 Å². The second-order valence-electron chi connectivity index (χ2n) is 5.37. The summed E-state index contributed by atoms with van der Waals surface area (Å²) >= 11 is 0. The molecule has 0 radical (unpaired) electrons. The summed E-state index contributed by atoms with van der Waals surface area (Å²) in [6.07, 6.45) is 2.52. The Labute approximate surface area is 143 Å². The first-order chi connectivity index (χ1) is 11.5. The highest BCUT2D eigenvalue weighted by Crippen LogP contribution is 2.33. The Balaban J connectivity index is 3.54. The van der Waals surface area contributed by atoms with Gasteiger partial charge >= 0.3 is 5.97 Å². The molecule has 130 valence electrons. The summed E-state index contributed by atoms with van der Waals surface area (Å²) in [5.41, 5.74) is 2.45. The number of hydrogen-bond acceptors (Lipinski definition) is 5. The molecular formula is C19H25NO4. The minimum absolute atomic E-state index is 0.208. The quantitative estimate of drug-likeness (QED) is 0.343. The molecule has 0 amide bonds. The number of methoxy groups -OCH3 is 1. The first-order valence-electron chi connectivity index (χ1n) is 7.90. The van der Waals surface area contributed by atoms with Crippen LogP contribution in [0.15, 0.2) is 41.6 Å². The second kappa shape index (κ2) is 9.55. The average molecular weight is 331 g/mol. The van der Waals surface area contributed by atoms with E-state index in [2.05, 4.69) is 5.32 Å². The molecule has 5 nitrogen and oxygen atoms in total. The number of allylic oxidation sites excluding steroid dienone is 3. The smallest absolute Gasteiger partial charge is 0.331 e. The van der Waals surface area contributed by atoms with Crippen molar-refractivity contribution < 1.29 is 19.1 Å². The zero-order valence-electron chi connectivity index (χ0n) is 14.9. The number of benzene rings is 1. The predicted molar refractivity (Wildman–Crippen MR) is 94.6 cm³/mol. The van der Waals surface area contributed by atoms with Gasteiger partial charge in [0.2, 0.25) is 0 Å². The van der Waals surface area contributed by atoms with Crippen molar-refractivity contribution in [3.63, 3.8) is 0 Å². The van der Waals surface area contributed by atoms with Crippen LogP contribution in [-0.4, -0.2) is 32.5 Å². The monoisotopic (exact) mass is 331 g/mol. The maximum atomic E-state index is 12.1. The number of ether oxygens (including phenoxy) is 2. The lowest BCUT2D eigenvalue weighted by Gasteiger charge is -2.17. The fourth-order valence-corrected chi connectivity index (χ4v) is 2.34. The summed E-state index contributed by atoms with van der Waals surface area (Å²) in [7, 11) is 3.23. The summed E-state index contributed by atoms with van der Waals surface area (Å²) in [5, 5.41) is 2.89. The number of aldehydes is 1. The van der Waals surface area contributed by atoms with E-state index in [-0.39, 0.29) is 6.10 Å². The molecular weight excluding hydrogens is 306 g/mol. The Bertz CT molecular complexity index is 645. The van der Waals surface area contributed by atoms with Gasteiger partial charge in [-0.2, -0.15) is 0 Å². The predicted octanol–water partition coefficient (Wildman–Crippen LogP) is 3.11. The zero-order chi connectivity index (χ0) is 18.1. The summed E-state index contributed by atoms with van der Waals surface area (Å²) in [6.45, 7) is 5.50. The van der Waals surface area contributed by atoms with Crippen LogP contribution in [0.1, 0.15) is 32.8 Å². The molecule has 0 spiro atoms. The van der Waals surface area contributed by atoms with E-state index in [0.717, 1.165) is 11.8 Å². The average Bonchev–Trinajstić information content (AvgIpc) is 2.57. The molecule has 1 aromatic rings. The van der Waals surface area contributed by atoms with E-state index in [1.807, 2.05) is 31.2 Å². The van der Waals surface area contributed by atoms with E-state index in [9.17, 15) is 9.59 Å². The molecule has 0 atom stereocenters. The molecule has 0 aromatic heterocycles. The highest BCUT2D eigenvalue weighted by atomic mass is 16.5. The lowest BCUT2D eigenvalue weighted by atomic mass is 9.93. The van der Waals surface area contributed by atoms with Gasteiger partial charge in [0, 0.05) is 24.3 Å². The highest BCUT2D eigenvalue weighted by Gasteiger charge is 2.18. The van der Waals surface area contributed by atoms with Crippen LogP contribution < -0.4 is 10.1 Å². The van der Waals surface area contributed by atoms with E-state index >= 15 is 0 Å². The molecule has 0 unspecified atom stereocenters. The van der Waals surface area contributed by atoms with Gasteiger partial charge < -0.3 is 14.8 Å². The number of likely N-dealkylation sites (N-methyl/N-ethyl adjacent to an activating group) is 1. The third-order valence-corrected chi connectivity index (χ3v) is 3.38. The molecule has 0 fully saturated rings. The second-order valence-corrected chi connectivity index (χ2v) is 5.37. The Morgan fingerprint density at radius 2 is 1.96 bits per heavy atom. The third kappa shape index (κ3) is 4.98. The minimum Gasteiger partial charge on any atom is -0.496 e. The molecule has 24 heavy (non-hydrogen) atoms. The van der Waals surface area contributed by atoms with Gasteiger partial charge in [0.05, 0.1) is 18.9 Å². The van der Waals surface area contributed by atoms with Crippen molar-refractivity contribution >= 4 is 17.8 Å². The normalized spacial score (nSPS) is 12.5. The number of carbonyl (C=O) groups excluding carboxylic acids is 2. The van der Waals surface area contributed by atoms with Crippen LogP contribution in [0.25, 0.3) is 5.57 Å². The largest absolute Gasteiger partial charge is 0.496 e. The molecule has 0 heterocycles. The SMILES string of the molecule is CCC(=C\C(=O)OC(C)C)/C(=C(/C=O)NC)c1ccccc1OC. The van der Waals surface area contributed by atoms with Gasteiger partial charge in [-0.3, -0.25) is 4.79 Å². The Hall–Kier alpha value is -2.56. The number of carbonyl (C=O) groups is 2. The van der Waals surface area contributed by atoms with Crippen molar-refractivity contribution in [2.45, 2.75) is 33.3 Å². The van der Waals surface area contributed by atoms with Crippen molar-refractivity contribution in [2.75, 3.05) is 14.2 Å². The Kier molecular flexibility index (Phi) is 7.75. The van der Waals surface area contributed by atoms with Crippen LogP contribution >= 0.6 is 0 Å². The van der Waals surface area contributed by atoms with E-state index in [1.54, 1.807) is 28.0 Å². The van der Waals surface area contributed by atoms with Gasteiger partial charge in [-0.1, -0.05) is 25.1 Å². The van der Waals surface area contributed by atoms with Crippen LogP contribution in [-0.2, 0) is 14.3 Å².